The maximum Gasteiger partial charge on any atom is 0.153 e. The number of nitriles is 1. The van der Waals surface area contributed by atoms with Crippen molar-refractivity contribution in [1.82, 2.24) is 4.98 Å². The molecule has 2 aromatic rings. The van der Waals surface area contributed by atoms with Gasteiger partial charge in [0, 0.05) is 11.8 Å². The van der Waals surface area contributed by atoms with Crippen molar-refractivity contribution in [1.29, 1.82) is 5.26 Å². The first-order valence-corrected chi connectivity index (χ1v) is 5.36. The fraction of sp³-hybridized carbons (Fsp3) is 0.143. The molecule has 2 nitrogen and oxygen atoms in total. The van der Waals surface area contributed by atoms with Crippen molar-refractivity contribution in [3.8, 4) is 17.3 Å². The molecule has 0 aliphatic carbocycles. The van der Waals surface area contributed by atoms with Gasteiger partial charge >= 0.3 is 0 Å². The molecule has 0 spiro atoms. The first-order chi connectivity index (χ1) is 8.54. The predicted octanol–water partition coefficient (Wildman–Crippen LogP) is 3.52. The third-order valence-electron chi connectivity index (χ3n) is 2.70. The fourth-order valence-corrected chi connectivity index (χ4v) is 1.83. The van der Waals surface area contributed by atoms with E-state index in [-0.39, 0.29) is 5.56 Å². The number of halogens is 2. The molecule has 0 saturated carbocycles. The lowest BCUT2D eigenvalue weighted by molar-refractivity contribution is 0.577. The van der Waals surface area contributed by atoms with Gasteiger partial charge in [-0.05, 0) is 43.2 Å². The van der Waals surface area contributed by atoms with E-state index in [2.05, 4.69) is 4.98 Å². The van der Waals surface area contributed by atoms with Crippen LogP contribution in [0.15, 0.2) is 24.4 Å². The van der Waals surface area contributed by atoms with E-state index in [9.17, 15) is 8.78 Å². The van der Waals surface area contributed by atoms with Crippen molar-refractivity contribution in [2.75, 3.05) is 0 Å². The molecular formula is C14H10F2N2. The highest BCUT2D eigenvalue weighted by Gasteiger charge is 2.18. The number of hydrogen-bond donors (Lipinski definition) is 0. The quantitative estimate of drug-likeness (QED) is 0.769. The van der Waals surface area contributed by atoms with Crippen LogP contribution in [0, 0.1) is 36.8 Å². The zero-order valence-electron chi connectivity index (χ0n) is 9.96. The van der Waals surface area contributed by atoms with Gasteiger partial charge in [0.1, 0.15) is 17.4 Å². The van der Waals surface area contributed by atoms with Crippen LogP contribution < -0.4 is 0 Å². The Balaban J connectivity index is 2.76. The summed E-state index contributed by atoms with van der Waals surface area (Å²) in [5, 5.41) is 8.77. The Morgan fingerprint density at radius 1 is 1.22 bits per heavy atom. The molecular weight excluding hydrogens is 234 g/mol. The summed E-state index contributed by atoms with van der Waals surface area (Å²) in [6.45, 7) is 3.44. The van der Waals surface area contributed by atoms with Crippen LogP contribution in [0.1, 0.15) is 16.7 Å². The molecule has 0 aliphatic heterocycles. The minimum atomic E-state index is -0.854. The van der Waals surface area contributed by atoms with Crippen molar-refractivity contribution in [2.24, 2.45) is 0 Å². The molecule has 2 rings (SSSR count). The predicted molar refractivity (Wildman–Crippen MR) is 63.8 cm³/mol. The van der Waals surface area contributed by atoms with Gasteiger partial charge in [-0.15, -0.1) is 0 Å². The molecule has 0 fully saturated rings. The average molecular weight is 244 g/mol. The molecule has 0 unspecified atom stereocenters. The maximum atomic E-state index is 14.1. The van der Waals surface area contributed by atoms with E-state index < -0.39 is 17.2 Å². The van der Waals surface area contributed by atoms with Crippen LogP contribution in [0.4, 0.5) is 8.78 Å². The molecule has 4 heteroatoms. The lowest BCUT2D eigenvalue weighted by Crippen LogP contribution is -1.99. The molecule has 0 bridgehead atoms. The topological polar surface area (TPSA) is 36.7 Å². The second-order valence-corrected chi connectivity index (χ2v) is 4.07. The van der Waals surface area contributed by atoms with E-state index in [0.29, 0.717) is 11.3 Å². The minimum absolute atomic E-state index is 0.177. The van der Waals surface area contributed by atoms with Crippen LogP contribution >= 0.6 is 0 Å². The van der Waals surface area contributed by atoms with Gasteiger partial charge < -0.3 is 0 Å². The molecule has 0 aliphatic rings. The minimum Gasteiger partial charge on any atom is -0.256 e. The molecule has 0 radical (unpaired) electrons. The zero-order chi connectivity index (χ0) is 13.3. The summed E-state index contributed by atoms with van der Waals surface area (Å²) >= 11 is 0. The van der Waals surface area contributed by atoms with Gasteiger partial charge in [0.2, 0.25) is 0 Å². The van der Waals surface area contributed by atoms with Crippen LogP contribution in [0.2, 0.25) is 0 Å². The van der Waals surface area contributed by atoms with Crippen molar-refractivity contribution in [3.63, 3.8) is 0 Å². The smallest absolute Gasteiger partial charge is 0.153 e. The second-order valence-electron chi connectivity index (χ2n) is 4.07. The molecule has 1 aromatic carbocycles. The zero-order valence-corrected chi connectivity index (χ0v) is 9.96. The monoisotopic (exact) mass is 244 g/mol. The first kappa shape index (κ1) is 12.2. The van der Waals surface area contributed by atoms with Gasteiger partial charge in [0.05, 0.1) is 5.69 Å². The third-order valence-corrected chi connectivity index (χ3v) is 2.70. The summed E-state index contributed by atoms with van der Waals surface area (Å²) in [6.07, 6.45) is 1.55. The standard InChI is InChI=1S/C14H10F2N2/c1-8-3-4-18-12(5-8)13-9(2)6-11(15)10(7-17)14(13)16/h3-6H,1-2H3. The van der Waals surface area contributed by atoms with Crippen LogP contribution in [0.3, 0.4) is 0 Å². The Morgan fingerprint density at radius 3 is 2.56 bits per heavy atom. The van der Waals surface area contributed by atoms with Gasteiger partial charge in [-0.2, -0.15) is 5.26 Å². The SMILES string of the molecule is Cc1ccnc(-c2c(C)cc(F)c(C#N)c2F)c1. The van der Waals surface area contributed by atoms with Gasteiger partial charge in [-0.25, -0.2) is 8.78 Å². The molecule has 0 N–H and O–H groups in total. The van der Waals surface area contributed by atoms with E-state index in [1.807, 2.05) is 6.92 Å². The Morgan fingerprint density at radius 2 is 1.94 bits per heavy atom. The number of rotatable bonds is 1. The largest absolute Gasteiger partial charge is 0.256 e. The molecule has 1 heterocycles. The maximum absolute atomic E-state index is 14.1. The van der Waals surface area contributed by atoms with E-state index >= 15 is 0 Å². The number of pyridine rings is 1. The number of benzene rings is 1. The van der Waals surface area contributed by atoms with Gasteiger partial charge in [-0.3, -0.25) is 4.98 Å². The summed E-state index contributed by atoms with van der Waals surface area (Å²) in [4.78, 5) is 4.06. The highest BCUT2D eigenvalue weighted by molar-refractivity contribution is 5.67. The van der Waals surface area contributed by atoms with Crippen molar-refractivity contribution >= 4 is 0 Å². The average Bonchev–Trinajstić information content (AvgIpc) is 2.28. The van der Waals surface area contributed by atoms with Crippen molar-refractivity contribution < 1.29 is 8.78 Å². The number of aromatic nitrogens is 1. The van der Waals surface area contributed by atoms with Gasteiger partial charge in [-0.1, -0.05) is 0 Å². The highest BCUT2D eigenvalue weighted by Crippen LogP contribution is 2.29. The van der Waals surface area contributed by atoms with E-state index in [4.69, 9.17) is 5.26 Å². The number of aryl methyl sites for hydroxylation is 2. The second kappa shape index (κ2) is 4.53. The lowest BCUT2D eigenvalue weighted by atomic mass is 10.00. The van der Waals surface area contributed by atoms with Crippen molar-refractivity contribution in [3.05, 3.63) is 52.7 Å². The van der Waals surface area contributed by atoms with Gasteiger partial charge in [0.15, 0.2) is 5.82 Å². The van der Waals surface area contributed by atoms with E-state index in [1.165, 1.54) is 6.07 Å². The summed E-state index contributed by atoms with van der Waals surface area (Å²) in [7, 11) is 0. The Labute approximate surface area is 104 Å². The van der Waals surface area contributed by atoms with E-state index in [1.54, 1.807) is 25.3 Å². The Hall–Kier alpha value is -2.28. The normalized spacial score (nSPS) is 10.2. The van der Waals surface area contributed by atoms with Crippen LogP contribution in [0.5, 0.6) is 0 Å². The highest BCUT2D eigenvalue weighted by atomic mass is 19.1. The summed E-state index contributed by atoms with van der Waals surface area (Å²) < 4.78 is 27.5. The Bertz CT molecular complexity index is 658. The fourth-order valence-electron chi connectivity index (χ4n) is 1.83. The summed E-state index contributed by atoms with van der Waals surface area (Å²) in [5.74, 6) is -1.70. The molecule has 0 atom stereocenters. The lowest BCUT2D eigenvalue weighted by Gasteiger charge is -2.09. The molecule has 0 amide bonds. The number of nitrogens with zero attached hydrogens (tertiary/aromatic N) is 2. The van der Waals surface area contributed by atoms with E-state index in [0.717, 1.165) is 11.6 Å². The Kier molecular flexibility index (Phi) is 3.07. The van der Waals surface area contributed by atoms with Gasteiger partial charge in [0.25, 0.3) is 0 Å². The third kappa shape index (κ3) is 1.95. The molecule has 90 valence electrons. The summed E-state index contributed by atoms with van der Waals surface area (Å²) in [5.41, 5.74) is 1.35. The molecule has 1 aromatic heterocycles. The van der Waals surface area contributed by atoms with Crippen LogP contribution in [0.25, 0.3) is 11.3 Å². The summed E-state index contributed by atoms with van der Waals surface area (Å²) in [6, 6.07) is 6.17. The first-order valence-electron chi connectivity index (χ1n) is 5.36. The van der Waals surface area contributed by atoms with Crippen molar-refractivity contribution in [2.45, 2.75) is 13.8 Å². The number of hydrogen-bond acceptors (Lipinski definition) is 2. The van der Waals surface area contributed by atoms with Crippen LogP contribution in [-0.4, -0.2) is 4.98 Å². The molecule has 0 saturated heterocycles. The van der Waals surface area contributed by atoms with Crippen LogP contribution in [-0.2, 0) is 0 Å². The molecule has 18 heavy (non-hydrogen) atoms.